The number of methoxy groups -OCH3 is 1. The second kappa shape index (κ2) is 6.30. The molecule has 5 heteroatoms. The summed E-state index contributed by atoms with van der Waals surface area (Å²) in [6.07, 6.45) is -0.0370. The van der Waals surface area contributed by atoms with Crippen molar-refractivity contribution in [2.45, 2.75) is 19.4 Å². The van der Waals surface area contributed by atoms with Crippen molar-refractivity contribution in [3.05, 3.63) is 35.4 Å². The summed E-state index contributed by atoms with van der Waals surface area (Å²) in [5.41, 5.74) is 0.136. The maximum absolute atomic E-state index is 13.5. The van der Waals surface area contributed by atoms with Gasteiger partial charge in [0.25, 0.3) is 0 Å². The summed E-state index contributed by atoms with van der Waals surface area (Å²) in [4.78, 5) is 11.2. The molecule has 0 saturated carbocycles. The Morgan fingerprint density at radius 1 is 1.47 bits per heavy atom. The summed E-state index contributed by atoms with van der Waals surface area (Å²) >= 11 is 0. The van der Waals surface area contributed by atoms with Crippen molar-refractivity contribution in [1.82, 2.24) is 5.32 Å². The maximum atomic E-state index is 13.5. The molecule has 0 bridgehead atoms. The lowest BCUT2D eigenvalue weighted by Gasteiger charge is -2.17. The van der Waals surface area contributed by atoms with E-state index >= 15 is 0 Å². The predicted octanol–water partition coefficient (Wildman–Crippen LogP) is 2.18. The summed E-state index contributed by atoms with van der Waals surface area (Å²) in [7, 11) is 1.26. The molecule has 17 heavy (non-hydrogen) atoms. The molecule has 1 atom stereocenters. The number of hydrogen-bond donors (Lipinski definition) is 1. The van der Waals surface area contributed by atoms with E-state index in [0.717, 1.165) is 18.2 Å². The number of benzene rings is 1. The average Bonchev–Trinajstić information content (AvgIpc) is 2.31. The van der Waals surface area contributed by atoms with Crippen molar-refractivity contribution >= 4 is 5.97 Å². The Bertz CT molecular complexity index is 396. The first-order valence-corrected chi connectivity index (χ1v) is 5.33. The summed E-state index contributed by atoms with van der Waals surface area (Å²) < 4.78 is 31.1. The van der Waals surface area contributed by atoms with E-state index in [2.05, 4.69) is 10.1 Å². The highest BCUT2D eigenvalue weighted by Crippen LogP contribution is 2.21. The van der Waals surface area contributed by atoms with Crippen LogP contribution in [0, 0.1) is 11.6 Å². The van der Waals surface area contributed by atoms with Crippen LogP contribution >= 0.6 is 0 Å². The van der Waals surface area contributed by atoms with Crippen LogP contribution in [0.3, 0.4) is 0 Å². The van der Waals surface area contributed by atoms with Crippen LogP contribution in [0.4, 0.5) is 8.78 Å². The molecule has 0 fully saturated rings. The third kappa shape index (κ3) is 3.78. The fraction of sp³-hybridized carbons (Fsp3) is 0.417. The normalized spacial score (nSPS) is 12.2. The molecule has 0 aliphatic heterocycles. The Balaban J connectivity index is 2.95. The molecule has 0 aromatic heterocycles. The second-order valence-corrected chi connectivity index (χ2v) is 3.56. The lowest BCUT2D eigenvalue weighted by Crippen LogP contribution is -2.25. The van der Waals surface area contributed by atoms with Crippen LogP contribution in [0.25, 0.3) is 0 Å². The van der Waals surface area contributed by atoms with E-state index in [0.29, 0.717) is 6.54 Å². The molecule has 0 heterocycles. The molecule has 94 valence electrons. The zero-order valence-corrected chi connectivity index (χ0v) is 9.80. The van der Waals surface area contributed by atoms with Gasteiger partial charge in [0, 0.05) is 11.6 Å². The highest BCUT2D eigenvalue weighted by Gasteiger charge is 2.19. The van der Waals surface area contributed by atoms with E-state index in [4.69, 9.17) is 0 Å². The molecular formula is C12H15F2NO2. The van der Waals surface area contributed by atoms with Crippen LogP contribution in [-0.2, 0) is 9.53 Å². The minimum absolute atomic E-state index is 0.0370. The lowest BCUT2D eigenvalue weighted by atomic mass is 10.0. The van der Waals surface area contributed by atoms with E-state index in [9.17, 15) is 13.6 Å². The van der Waals surface area contributed by atoms with Crippen molar-refractivity contribution in [2.24, 2.45) is 0 Å². The average molecular weight is 243 g/mol. The number of hydrogen-bond acceptors (Lipinski definition) is 3. The smallest absolute Gasteiger partial charge is 0.307 e. The summed E-state index contributed by atoms with van der Waals surface area (Å²) in [6.45, 7) is 2.36. The molecule has 1 N–H and O–H groups in total. The highest BCUT2D eigenvalue weighted by molar-refractivity contribution is 5.70. The molecule has 1 aromatic carbocycles. The van der Waals surface area contributed by atoms with Gasteiger partial charge in [-0.25, -0.2) is 8.78 Å². The Labute approximate surface area is 98.8 Å². The first-order valence-electron chi connectivity index (χ1n) is 5.33. The Hall–Kier alpha value is -1.49. The van der Waals surface area contributed by atoms with Gasteiger partial charge in [0.15, 0.2) is 0 Å². The van der Waals surface area contributed by atoms with Crippen LogP contribution in [-0.4, -0.2) is 19.6 Å². The fourth-order valence-electron chi connectivity index (χ4n) is 1.57. The molecule has 0 spiro atoms. The molecule has 0 amide bonds. The molecule has 0 aliphatic carbocycles. The largest absolute Gasteiger partial charge is 0.469 e. The van der Waals surface area contributed by atoms with Crippen LogP contribution in [0.1, 0.15) is 24.9 Å². The number of nitrogens with one attached hydrogen (secondary N) is 1. The monoisotopic (exact) mass is 243 g/mol. The number of carbonyl (C=O) groups is 1. The van der Waals surface area contributed by atoms with Crippen LogP contribution < -0.4 is 5.32 Å². The van der Waals surface area contributed by atoms with Crippen molar-refractivity contribution in [3.8, 4) is 0 Å². The van der Waals surface area contributed by atoms with E-state index in [-0.39, 0.29) is 12.0 Å². The second-order valence-electron chi connectivity index (χ2n) is 3.56. The van der Waals surface area contributed by atoms with E-state index in [1.165, 1.54) is 7.11 Å². The summed E-state index contributed by atoms with van der Waals surface area (Å²) in [5, 5.41) is 2.92. The van der Waals surface area contributed by atoms with Gasteiger partial charge >= 0.3 is 5.97 Å². The standard InChI is InChI=1S/C12H15F2NO2/c1-3-15-11(7-12(16)17-2)9-6-8(13)4-5-10(9)14/h4-6,11,15H,3,7H2,1-2H3. The first-order chi connectivity index (χ1) is 8.08. The van der Waals surface area contributed by atoms with Gasteiger partial charge in [-0.3, -0.25) is 4.79 Å². The zero-order chi connectivity index (χ0) is 12.8. The third-order valence-electron chi connectivity index (χ3n) is 2.38. The van der Waals surface area contributed by atoms with Crippen molar-refractivity contribution in [2.75, 3.05) is 13.7 Å². The van der Waals surface area contributed by atoms with Crippen molar-refractivity contribution < 1.29 is 18.3 Å². The van der Waals surface area contributed by atoms with Gasteiger partial charge in [0.1, 0.15) is 11.6 Å². The number of ether oxygens (including phenoxy) is 1. The number of esters is 1. The maximum Gasteiger partial charge on any atom is 0.307 e. The SMILES string of the molecule is CCNC(CC(=O)OC)c1cc(F)ccc1F. The topological polar surface area (TPSA) is 38.3 Å². The quantitative estimate of drug-likeness (QED) is 0.805. The molecule has 1 unspecified atom stereocenters. The molecule has 0 saturated heterocycles. The Morgan fingerprint density at radius 3 is 2.76 bits per heavy atom. The number of rotatable bonds is 5. The van der Waals surface area contributed by atoms with E-state index in [1.54, 1.807) is 0 Å². The van der Waals surface area contributed by atoms with Crippen LogP contribution in [0.2, 0.25) is 0 Å². The number of carbonyl (C=O) groups excluding carboxylic acids is 1. The number of halogens is 2. The lowest BCUT2D eigenvalue weighted by molar-refractivity contribution is -0.141. The zero-order valence-electron chi connectivity index (χ0n) is 9.80. The van der Waals surface area contributed by atoms with Gasteiger partial charge in [-0.2, -0.15) is 0 Å². The molecule has 0 radical (unpaired) electrons. The van der Waals surface area contributed by atoms with Crippen molar-refractivity contribution in [1.29, 1.82) is 0 Å². The minimum Gasteiger partial charge on any atom is -0.469 e. The first kappa shape index (κ1) is 13.6. The minimum atomic E-state index is -0.580. The Kier molecular flexibility index (Phi) is 5.03. The molecule has 1 rings (SSSR count). The van der Waals surface area contributed by atoms with E-state index in [1.807, 2.05) is 6.92 Å². The van der Waals surface area contributed by atoms with Gasteiger partial charge < -0.3 is 10.1 Å². The van der Waals surface area contributed by atoms with Crippen LogP contribution in [0.5, 0.6) is 0 Å². The molecule has 3 nitrogen and oxygen atoms in total. The molecule has 0 aliphatic rings. The van der Waals surface area contributed by atoms with Crippen LogP contribution in [0.15, 0.2) is 18.2 Å². The highest BCUT2D eigenvalue weighted by atomic mass is 19.1. The summed E-state index contributed by atoms with van der Waals surface area (Å²) in [6, 6.07) is 2.60. The van der Waals surface area contributed by atoms with Gasteiger partial charge in [-0.15, -0.1) is 0 Å². The van der Waals surface area contributed by atoms with E-state index < -0.39 is 23.6 Å². The predicted molar refractivity (Wildman–Crippen MR) is 59.4 cm³/mol. The van der Waals surface area contributed by atoms with Crippen molar-refractivity contribution in [3.63, 3.8) is 0 Å². The third-order valence-corrected chi connectivity index (χ3v) is 2.38. The summed E-state index contributed by atoms with van der Waals surface area (Å²) in [5.74, 6) is -1.55. The van der Waals surface area contributed by atoms with Gasteiger partial charge in [-0.1, -0.05) is 6.92 Å². The Morgan fingerprint density at radius 2 is 2.18 bits per heavy atom. The van der Waals surface area contributed by atoms with Gasteiger partial charge in [-0.05, 0) is 24.7 Å². The van der Waals surface area contributed by atoms with Gasteiger partial charge in [0.2, 0.25) is 0 Å². The fourth-order valence-corrected chi connectivity index (χ4v) is 1.57. The molecular weight excluding hydrogens is 228 g/mol. The van der Waals surface area contributed by atoms with Gasteiger partial charge in [0.05, 0.1) is 13.5 Å². The molecule has 1 aromatic rings.